The summed E-state index contributed by atoms with van der Waals surface area (Å²) >= 11 is 0. The molecule has 3 nitrogen and oxygen atoms in total. The zero-order valence-electron chi connectivity index (χ0n) is 10.8. The summed E-state index contributed by atoms with van der Waals surface area (Å²) in [7, 11) is 0. The highest BCUT2D eigenvalue weighted by molar-refractivity contribution is 5.86. The molecule has 0 heterocycles. The van der Waals surface area contributed by atoms with Gasteiger partial charge in [0.25, 0.3) is 0 Å². The van der Waals surface area contributed by atoms with Crippen molar-refractivity contribution in [3.63, 3.8) is 0 Å². The molecule has 118 valence electrons. The normalized spacial score (nSPS) is 15.4. The number of rotatable bonds is 3. The second kappa shape index (κ2) is 5.55. The number of hydrogen-bond donors (Lipinski definition) is 2. The van der Waals surface area contributed by atoms with Gasteiger partial charge in [-0.05, 0) is 24.6 Å². The van der Waals surface area contributed by atoms with Gasteiger partial charge >= 0.3 is 12.4 Å². The highest BCUT2D eigenvalue weighted by Crippen LogP contribution is 2.30. The molecule has 0 aliphatic heterocycles. The van der Waals surface area contributed by atoms with Crippen molar-refractivity contribution in [3.05, 3.63) is 35.4 Å². The molecule has 0 bridgehead atoms. The van der Waals surface area contributed by atoms with E-state index < -0.39 is 35.9 Å². The lowest BCUT2D eigenvalue weighted by atomic mass is 10.0. The molecule has 1 amide bonds. The summed E-state index contributed by atoms with van der Waals surface area (Å²) in [4.78, 5) is 11.4. The van der Waals surface area contributed by atoms with Crippen molar-refractivity contribution in [2.75, 3.05) is 0 Å². The number of nitrogens with two attached hydrogens (primary N) is 1. The highest BCUT2D eigenvalue weighted by Gasteiger charge is 2.53. The van der Waals surface area contributed by atoms with Crippen molar-refractivity contribution in [1.82, 2.24) is 5.32 Å². The Balaban J connectivity index is 2.79. The molecular weight excluding hydrogens is 302 g/mol. The van der Waals surface area contributed by atoms with Crippen LogP contribution in [-0.2, 0) is 17.5 Å². The SMILES string of the molecule is CC(N)(C(=O)NCc1cccc(C(F)(F)F)c1)C(F)(F)F. The Labute approximate surface area is 116 Å². The first-order valence-corrected chi connectivity index (χ1v) is 5.66. The third-order valence-corrected chi connectivity index (χ3v) is 2.77. The maximum absolute atomic E-state index is 12.5. The predicted molar refractivity (Wildman–Crippen MR) is 61.9 cm³/mol. The van der Waals surface area contributed by atoms with E-state index in [1.807, 2.05) is 5.32 Å². The van der Waals surface area contributed by atoms with Crippen molar-refractivity contribution in [2.24, 2.45) is 5.73 Å². The van der Waals surface area contributed by atoms with Gasteiger partial charge in [0, 0.05) is 6.54 Å². The molecule has 0 saturated carbocycles. The van der Waals surface area contributed by atoms with E-state index in [-0.39, 0.29) is 5.56 Å². The van der Waals surface area contributed by atoms with Crippen LogP contribution in [0.15, 0.2) is 24.3 Å². The first kappa shape index (κ1) is 17.3. The fourth-order valence-corrected chi connectivity index (χ4v) is 1.35. The summed E-state index contributed by atoms with van der Waals surface area (Å²) in [6.07, 6.45) is -9.54. The molecule has 1 unspecified atom stereocenters. The molecule has 1 aromatic rings. The second-order valence-electron chi connectivity index (χ2n) is 4.58. The molecule has 9 heteroatoms. The van der Waals surface area contributed by atoms with Crippen LogP contribution in [0.5, 0.6) is 0 Å². The Bertz CT molecular complexity index is 521. The Morgan fingerprint density at radius 3 is 2.24 bits per heavy atom. The molecule has 0 radical (unpaired) electrons. The van der Waals surface area contributed by atoms with Crippen molar-refractivity contribution >= 4 is 5.91 Å². The van der Waals surface area contributed by atoms with Gasteiger partial charge in [0.05, 0.1) is 5.56 Å². The van der Waals surface area contributed by atoms with Gasteiger partial charge in [-0.2, -0.15) is 26.3 Å². The van der Waals surface area contributed by atoms with Crippen molar-refractivity contribution in [2.45, 2.75) is 31.4 Å². The van der Waals surface area contributed by atoms with Crippen LogP contribution < -0.4 is 11.1 Å². The summed E-state index contributed by atoms with van der Waals surface area (Å²) in [5.41, 5.74) is 0.820. The van der Waals surface area contributed by atoms with Crippen LogP contribution >= 0.6 is 0 Å². The van der Waals surface area contributed by atoms with E-state index in [1.165, 1.54) is 6.07 Å². The van der Waals surface area contributed by atoms with Gasteiger partial charge in [-0.25, -0.2) is 0 Å². The minimum Gasteiger partial charge on any atom is -0.350 e. The topological polar surface area (TPSA) is 55.1 Å². The van der Waals surface area contributed by atoms with Crippen molar-refractivity contribution in [1.29, 1.82) is 0 Å². The van der Waals surface area contributed by atoms with Crippen LogP contribution in [0.2, 0.25) is 0 Å². The number of amides is 1. The first-order valence-electron chi connectivity index (χ1n) is 5.66. The third-order valence-electron chi connectivity index (χ3n) is 2.77. The molecule has 1 rings (SSSR count). The van der Waals surface area contributed by atoms with E-state index in [9.17, 15) is 31.1 Å². The van der Waals surface area contributed by atoms with E-state index >= 15 is 0 Å². The molecule has 0 fully saturated rings. The van der Waals surface area contributed by atoms with E-state index in [4.69, 9.17) is 5.73 Å². The maximum Gasteiger partial charge on any atom is 0.416 e. The zero-order chi connectivity index (χ0) is 16.5. The lowest BCUT2D eigenvalue weighted by Crippen LogP contribution is -2.61. The van der Waals surface area contributed by atoms with Gasteiger partial charge in [-0.15, -0.1) is 0 Å². The van der Waals surface area contributed by atoms with Gasteiger partial charge < -0.3 is 11.1 Å². The van der Waals surface area contributed by atoms with E-state index in [1.54, 1.807) is 0 Å². The number of carbonyl (C=O) groups excluding carboxylic acids is 1. The Morgan fingerprint density at radius 1 is 1.19 bits per heavy atom. The fourth-order valence-electron chi connectivity index (χ4n) is 1.35. The first-order chi connectivity index (χ1) is 9.35. The quantitative estimate of drug-likeness (QED) is 0.843. The van der Waals surface area contributed by atoms with Crippen molar-refractivity contribution in [3.8, 4) is 0 Å². The summed E-state index contributed by atoms with van der Waals surface area (Å²) in [6.45, 7) is -0.0138. The summed E-state index contributed by atoms with van der Waals surface area (Å²) in [5, 5.41) is 1.87. The molecule has 0 aromatic heterocycles. The van der Waals surface area contributed by atoms with Crippen LogP contribution in [0.1, 0.15) is 18.1 Å². The van der Waals surface area contributed by atoms with Crippen molar-refractivity contribution < 1.29 is 31.1 Å². The van der Waals surface area contributed by atoms with Gasteiger partial charge in [0.1, 0.15) is 0 Å². The van der Waals surface area contributed by atoms with Crippen LogP contribution in [0.3, 0.4) is 0 Å². The zero-order valence-corrected chi connectivity index (χ0v) is 10.8. The average molecular weight is 314 g/mol. The lowest BCUT2D eigenvalue weighted by Gasteiger charge is -2.26. The number of halogens is 6. The number of alkyl halides is 6. The summed E-state index contributed by atoms with van der Waals surface area (Å²) < 4.78 is 74.9. The summed E-state index contributed by atoms with van der Waals surface area (Å²) in [6, 6.07) is 3.89. The van der Waals surface area contributed by atoms with Gasteiger partial charge in [0.15, 0.2) is 5.54 Å². The number of nitrogens with one attached hydrogen (secondary N) is 1. The number of carbonyl (C=O) groups is 1. The molecule has 1 aromatic carbocycles. The average Bonchev–Trinajstić information content (AvgIpc) is 2.33. The largest absolute Gasteiger partial charge is 0.416 e. The summed E-state index contributed by atoms with van der Waals surface area (Å²) in [5.74, 6) is -1.52. The maximum atomic E-state index is 12.5. The van der Waals surface area contributed by atoms with Crippen LogP contribution in [-0.4, -0.2) is 17.6 Å². The van der Waals surface area contributed by atoms with E-state index in [2.05, 4.69) is 0 Å². The molecule has 0 spiro atoms. The monoisotopic (exact) mass is 314 g/mol. The van der Waals surface area contributed by atoms with Gasteiger partial charge in [-0.1, -0.05) is 12.1 Å². The highest BCUT2D eigenvalue weighted by atomic mass is 19.4. The molecule has 21 heavy (non-hydrogen) atoms. The molecule has 0 aliphatic carbocycles. The minimum atomic E-state index is -4.97. The molecular formula is C12H12F6N2O. The smallest absolute Gasteiger partial charge is 0.350 e. The van der Waals surface area contributed by atoms with Gasteiger partial charge in [0.2, 0.25) is 5.91 Å². The number of benzene rings is 1. The van der Waals surface area contributed by atoms with Crippen LogP contribution in [0, 0.1) is 0 Å². The van der Waals surface area contributed by atoms with Crippen LogP contribution in [0.4, 0.5) is 26.3 Å². The second-order valence-corrected chi connectivity index (χ2v) is 4.58. The molecule has 1 atom stereocenters. The Morgan fingerprint density at radius 2 is 1.76 bits per heavy atom. The fraction of sp³-hybridized carbons (Fsp3) is 0.417. The van der Waals surface area contributed by atoms with Gasteiger partial charge in [-0.3, -0.25) is 4.79 Å². The predicted octanol–water partition coefficient (Wildman–Crippen LogP) is 2.60. The lowest BCUT2D eigenvalue weighted by molar-refractivity contribution is -0.187. The van der Waals surface area contributed by atoms with Crippen LogP contribution in [0.25, 0.3) is 0 Å². The third kappa shape index (κ3) is 4.10. The Kier molecular flexibility index (Phi) is 4.57. The Hall–Kier alpha value is -1.77. The molecule has 0 saturated heterocycles. The number of hydrogen-bond acceptors (Lipinski definition) is 2. The van der Waals surface area contributed by atoms with E-state index in [0.29, 0.717) is 6.92 Å². The van der Waals surface area contributed by atoms with E-state index in [0.717, 1.165) is 18.2 Å². The molecule has 3 N–H and O–H groups in total. The minimum absolute atomic E-state index is 0.0103. The standard InChI is InChI=1S/C12H12F6N2O/c1-10(19,12(16,17)18)9(21)20-6-7-3-2-4-8(5-7)11(13,14)15/h2-5H,6,19H2,1H3,(H,20,21). The molecule has 0 aliphatic rings.